The number of halogens is 1. The largest absolute Gasteiger partial charge is 0.436 e. The summed E-state index contributed by atoms with van der Waals surface area (Å²) in [6, 6.07) is 12.9. The number of carbonyl (C=O) groups is 1. The Hall–Kier alpha value is -2.44. The Morgan fingerprint density at radius 1 is 1.19 bits per heavy atom. The summed E-state index contributed by atoms with van der Waals surface area (Å²) < 4.78 is 5.78. The van der Waals surface area contributed by atoms with E-state index in [4.69, 9.17) is 28.2 Å². The zero-order valence-corrected chi connectivity index (χ0v) is 16.2. The van der Waals surface area contributed by atoms with Crippen molar-refractivity contribution in [2.45, 2.75) is 20.8 Å². The third-order valence-electron chi connectivity index (χ3n) is 3.66. The zero-order valence-electron chi connectivity index (χ0n) is 14.6. The average Bonchev–Trinajstić information content (AvgIpc) is 3.00. The predicted octanol–water partition coefficient (Wildman–Crippen LogP) is 5.01. The number of rotatable bonds is 2. The Morgan fingerprint density at radius 3 is 2.62 bits per heavy atom. The third-order valence-corrected chi connectivity index (χ3v) is 4.20. The minimum atomic E-state index is -0.546. The fourth-order valence-corrected chi connectivity index (χ4v) is 2.56. The molecule has 1 amide bonds. The van der Waals surface area contributed by atoms with Gasteiger partial charge in [-0.15, -0.1) is 0 Å². The quantitative estimate of drug-likeness (QED) is 0.605. The number of nitrogens with one attached hydrogen (secondary N) is 2. The molecule has 3 rings (SSSR count). The van der Waals surface area contributed by atoms with E-state index >= 15 is 0 Å². The smallest absolute Gasteiger partial charge is 0.231 e. The molecule has 0 aliphatic heterocycles. The van der Waals surface area contributed by atoms with Crippen molar-refractivity contribution in [1.82, 2.24) is 10.3 Å². The molecule has 0 aliphatic rings. The van der Waals surface area contributed by atoms with Crippen LogP contribution in [-0.2, 0) is 4.79 Å². The molecule has 0 aliphatic carbocycles. The fraction of sp³-hybridized carbons (Fsp3) is 0.211. The van der Waals surface area contributed by atoms with Crippen molar-refractivity contribution >= 4 is 51.6 Å². The number of aromatic nitrogens is 1. The van der Waals surface area contributed by atoms with Gasteiger partial charge in [-0.2, -0.15) is 0 Å². The summed E-state index contributed by atoms with van der Waals surface area (Å²) in [4.78, 5) is 16.5. The Balaban J connectivity index is 1.84. The summed E-state index contributed by atoms with van der Waals surface area (Å²) in [5.74, 6) is 0.303. The molecule has 134 valence electrons. The number of oxazole rings is 1. The topological polar surface area (TPSA) is 67.2 Å². The molecule has 1 heterocycles. The molecule has 3 aromatic rings. The lowest BCUT2D eigenvalue weighted by Crippen LogP contribution is -2.41. The lowest BCUT2D eigenvalue weighted by atomic mass is 9.96. The number of para-hydroxylation sites is 2. The van der Waals surface area contributed by atoms with Crippen LogP contribution in [0.5, 0.6) is 0 Å². The second-order valence-corrected chi connectivity index (χ2v) is 7.66. The number of hydrogen-bond donors (Lipinski definition) is 2. The van der Waals surface area contributed by atoms with Crippen molar-refractivity contribution in [3.8, 4) is 11.5 Å². The van der Waals surface area contributed by atoms with E-state index in [-0.39, 0.29) is 11.0 Å². The van der Waals surface area contributed by atoms with Gasteiger partial charge in [0.15, 0.2) is 10.7 Å². The monoisotopic (exact) mass is 387 g/mol. The highest BCUT2D eigenvalue weighted by Gasteiger charge is 2.22. The van der Waals surface area contributed by atoms with Gasteiger partial charge in [0.25, 0.3) is 0 Å². The van der Waals surface area contributed by atoms with Crippen molar-refractivity contribution < 1.29 is 9.21 Å². The van der Waals surface area contributed by atoms with Crippen molar-refractivity contribution in [3.63, 3.8) is 0 Å². The Morgan fingerprint density at radius 2 is 1.92 bits per heavy atom. The lowest BCUT2D eigenvalue weighted by Gasteiger charge is -2.19. The number of amides is 1. The highest BCUT2D eigenvalue weighted by atomic mass is 35.5. The van der Waals surface area contributed by atoms with Crippen LogP contribution in [-0.4, -0.2) is 16.0 Å². The van der Waals surface area contributed by atoms with Gasteiger partial charge >= 0.3 is 0 Å². The number of thiocarbonyl (C=S) groups is 1. The summed E-state index contributed by atoms with van der Waals surface area (Å²) in [5.41, 5.74) is 2.25. The van der Waals surface area contributed by atoms with E-state index < -0.39 is 5.41 Å². The second-order valence-electron chi connectivity index (χ2n) is 6.84. The van der Waals surface area contributed by atoms with Gasteiger partial charge in [0.2, 0.25) is 11.8 Å². The van der Waals surface area contributed by atoms with Gasteiger partial charge in [0.1, 0.15) is 5.52 Å². The molecule has 1 aromatic heterocycles. The molecule has 0 fully saturated rings. The molecule has 5 nitrogen and oxygen atoms in total. The first kappa shape index (κ1) is 18.4. The molecule has 0 bridgehead atoms. The highest BCUT2D eigenvalue weighted by molar-refractivity contribution is 7.80. The van der Waals surface area contributed by atoms with E-state index in [0.717, 1.165) is 11.1 Å². The van der Waals surface area contributed by atoms with Gasteiger partial charge in [-0.3, -0.25) is 4.79 Å². The fourth-order valence-electron chi connectivity index (χ4n) is 2.19. The van der Waals surface area contributed by atoms with Gasteiger partial charge in [0.05, 0.1) is 10.7 Å². The van der Waals surface area contributed by atoms with Crippen molar-refractivity contribution in [2.75, 3.05) is 5.32 Å². The van der Waals surface area contributed by atoms with Crippen LogP contribution in [0.15, 0.2) is 46.9 Å². The van der Waals surface area contributed by atoms with Gasteiger partial charge in [-0.05, 0) is 42.5 Å². The van der Waals surface area contributed by atoms with Gasteiger partial charge < -0.3 is 15.1 Å². The molecule has 0 unspecified atom stereocenters. The zero-order chi connectivity index (χ0) is 18.9. The van der Waals surface area contributed by atoms with Crippen LogP contribution >= 0.6 is 23.8 Å². The van der Waals surface area contributed by atoms with Crippen molar-refractivity contribution in [2.24, 2.45) is 5.41 Å². The first-order valence-electron chi connectivity index (χ1n) is 8.02. The summed E-state index contributed by atoms with van der Waals surface area (Å²) in [5, 5.41) is 6.27. The van der Waals surface area contributed by atoms with Crippen LogP contribution < -0.4 is 10.6 Å². The van der Waals surface area contributed by atoms with Crippen LogP contribution in [0.3, 0.4) is 0 Å². The molecule has 0 saturated heterocycles. The summed E-state index contributed by atoms with van der Waals surface area (Å²) >= 11 is 11.5. The summed E-state index contributed by atoms with van der Waals surface area (Å²) in [6.07, 6.45) is 0. The minimum Gasteiger partial charge on any atom is -0.436 e. The first-order valence-corrected chi connectivity index (χ1v) is 8.80. The minimum absolute atomic E-state index is 0.179. The van der Waals surface area contributed by atoms with E-state index in [0.29, 0.717) is 22.2 Å². The Kier molecular flexibility index (Phi) is 4.98. The van der Waals surface area contributed by atoms with Gasteiger partial charge in [0, 0.05) is 11.0 Å². The molecule has 0 saturated carbocycles. The molecule has 7 heteroatoms. The number of benzene rings is 2. The molecule has 2 N–H and O–H groups in total. The van der Waals surface area contributed by atoms with Gasteiger partial charge in [-0.1, -0.05) is 44.5 Å². The normalized spacial score (nSPS) is 11.4. The number of fused-ring (bicyclic) bond motifs is 1. The maximum atomic E-state index is 12.0. The van der Waals surface area contributed by atoms with E-state index in [1.54, 1.807) is 12.1 Å². The van der Waals surface area contributed by atoms with Gasteiger partial charge in [-0.25, -0.2) is 4.98 Å². The number of hydrogen-bond acceptors (Lipinski definition) is 4. The lowest BCUT2D eigenvalue weighted by molar-refractivity contribution is -0.126. The summed E-state index contributed by atoms with van der Waals surface area (Å²) in [6.45, 7) is 5.43. The maximum absolute atomic E-state index is 12.0. The first-order chi connectivity index (χ1) is 12.2. The number of anilines is 1. The second kappa shape index (κ2) is 7.05. The van der Waals surface area contributed by atoms with Crippen molar-refractivity contribution in [3.05, 3.63) is 47.5 Å². The molecule has 0 atom stereocenters. The molecule has 0 radical (unpaired) electrons. The molecule has 26 heavy (non-hydrogen) atoms. The highest BCUT2D eigenvalue weighted by Crippen LogP contribution is 2.30. The van der Waals surface area contributed by atoms with Crippen molar-refractivity contribution in [1.29, 1.82) is 0 Å². The summed E-state index contributed by atoms with van der Waals surface area (Å²) in [7, 11) is 0. The third kappa shape index (κ3) is 4.03. The van der Waals surface area contributed by atoms with E-state index in [1.165, 1.54) is 0 Å². The van der Waals surface area contributed by atoms with Crippen LogP contribution in [0.1, 0.15) is 20.8 Å². The Bertz CT molecular complexity index is 959. The number of nitrogens with zero attached hydrogens (tertiary/aromatic N) is 1. The van der Waals surface area contributed by atoms with E-state index in [9.17, 15) is 4.79 Å². The van der Waals surface area contributed by atoms with Crippen LogP contribution in [0.25, 0.3) is 22.6 Å². The van der Waals surface area contributed by atoms with Crippen LogP contribution in [0.4, 0.5) is 5.69 Å². The van der Waals surface area contributed by atoms with Crippen LogP contribution in [0, 0.1) is 5.41 Å². The molecule has 2 aromatic carbocycles. The SMILES string of the molecule is CC(C)(C)C(=O)NC(=S)Nc1cc(-c2nc3ccccc3o2)ccc1Cl. The Labute approximate surface area is 161 Å². The number of carbonyl (C=O) groups excluding carboxylic acids is 1. The van der Waals surface area contributed by atoms with E-state index in [2.05, 4.69) is 15.6 Å². The standard InChI is InChI=1S/C19H18ClN3O2S/c1-19(2,3)17(24)23-18(26)22-14-10-11(8-9-12(14)20)16-21-13-6-4-5-7-15(13)25-16/h4-10H,1-3H3,(H2,22,23,24,26). The predicted molar refractivity (Wildman–Crippen MR) is 108 cm³/mol. The van der Waals surface area contributed by atoms with Crippen LogP contribution in [0.2, 0.25) is 5.02 Å². The van der Waals surface area contributed by atoms with E-state index in [1.807, 2.05) is 51.1 Å². The molecular weight excluding hydrogens is 370 g/mol. The maximum Gasteiger partial charge on any atom is 0.231 e. The molecular formula is C19H18ClN3O2S. The molecule has 0 spiro atoms. The average molecular weight is 388 g/mol.